The molecular formula is C21H24N4O5. The van der Waals surface area contributed by atoms with Gasteiger partial charge in [-0.25, -0.2) is 0 Å². The van der Waals surface area contributed by atoms with Crippen molar-refractivity contribution in [3.05, 3.63) is 47.5 Å². The van der Waals surface area contributed by atoms with E-state index in [1.807, 2.05) is 10.7 Å². The number of carbonyl (C=O) groups excluding carboxylic acids is 2. The van der Waals surface area contributed by atoms with Gasteiger partial charge in [0.15, 0.2) is 0 Å². The van der Waals surface area contributed by atoms with Gasteiger partial charge in [0.25, 0.3) is 5.91 Å². The van der Waals surface area contributed by atoms with Crippen LogP contribution in [0.1, 0.15) is 34.7 Å². The van der Waals surface area contributed by atoms with Gasteiger partial charge in [-0.1, -0.05) is 0 Å². The fraction of sp³-hybridized carbons (Fsp3) is 0.381. The molecule has 30 heavy (non-hydrogen) atoms. The molecule has 1 fully saturated rings. The number of ether oxygens (including phenoxy) is 1. The summed E-state index contributed by atoms with van der Waals surface area (Å²) >= 11 is 0. The summed E-state index contributed by atoms with van der Waals surface area (Å²) in [6, 6.07) is 5.98. The topological polar surface area (TPSA) is 133 Å². The molecule has 1 aromatic carbocycles. The van der Waals surface area contributed by atoms with E-state index < -0.39 is 24.5 Å². The number of aliphatic hydroxyl groups is 1. The van der Waals surface area contributed by atoms with E-state index in [0.29, 0.717) is 35.0 Å². The number of primary amides is 1. The summed E-state index contributed by atoms with van der Waals surface area (Å²) < 4.78 is 13.6. The number of carbonyl (C=O) groups is 2. The molecule has 9 nitrogen and oxygen atoms in total. The van der Waals surface area contributed by atoms with Crippen LogP contribution < -0.4 is 15.8 Å². The van der Waals surface area contributed by atoms with Gasteiger partial charge in [-0.3, -0.25) is 14.3 Å². The Hall–Kier alpha value is -3.33. The van der Waals surface area contributed by atoms with E-state index in [2.05, 4.69) is 10.4 Å². The van der Waals surface area contributed by atoms with Crippen molar-refractivity contribution in [1.82, 2.24) is 15.1 Å². The maximum Gasteiger partial charge on any atom is 0.256 e. The first kappa shape index (κ1) is 20.0. The maximum atomic E-state index is 12.7. The molecule has 2 heterocycles. The van der Waals surface area contributed by atoms with Crippen LogP contribution in [0.4, 0.5) is 0 Å². The molecule has 4 N–H and O–H groups in total. The highest BCUT2D eigenvalue weighted by Crippen LogP contribution is 2.31. The molecule has 2 aromatic heterocycles. The number of furan rings is 1. The van der Waals surface area contributed by atoms with Crippen LogP contribution in [-0.2, 0) is 17.9 Å². The van der Waals surface area contributed by atoms with Crippen LogP contribution in [0.5, 0.6) is 5.75 Å². The van der Waals surface area contributed by atoms with Crippen molar-refractivity contribution in [3.8, 4) is 5.75 Å². The third-order valence-electron chi connectivity index (χ3n) is 5.21. The van der Waals surface area contributed by atoms with Gasteiger partial charge in [0.2, 0.25) is 5.91 Å². The molecule has 1 atom stereocenters. The highest BCUT2D eigenvalue weighted by atomic mass is 16.5. The van der Waals surface area contributed by atoms with Crippen LogP contribution in [0, 0.1) is 12.8 Å². The van der Waals surface area contributed by atoms with E-state index in [0.717, 1.165) is 12.2 Å². The first-order chi connectivity index (χ1) is 14.5. The molecule has 1 saturated carbocycles. The van der Waals surface area contributed by atoms with Crippen molar-refractivity contribution in [2.24, 2.45) is 11.7 Å². The Kier molecular flexibility index (Phi) is 5.45. The summed E-state index contributed by atoms with van der Waals surface area (Å²) in [5.41, 5.74) is 6.96. The zero-order chi connectivity index (χ0) is 21.3. The minimum absolute atomic E-state index is 0.272. The van der Waals surface area contributed by atoms with E-state index in [1.54, 1.807) is 31.3 Å². The van der Waals surface area contributed by atoms with Gasteiger partial charge in [-0.15, -0.1) is 0 Å². The number of rotatable bonds is 9. The standard InChI is InChI=1S/C21H24N4O5/c1-12-19(21(28)24-17(10-26)20(22)27)16-8-15(4-5-18(16)30-12)29-11-14-6-7-23-25(14)9-13-2-3-13/h4-8,13,17,26H,2-3,9-11H2,1H3,(H2,22,27)(H,24,28)/t17-/m0/s1. The molecule has 0 aliphatic heterocycles. The van der Waals surface area contributed by atoms with E-state index >= 15 is 0 Å². The smallest absolute Gasteiger partial charge is 0.256 e. The Bertz CT molecular complexity index is 1080. The normalized spacial score (nSPS) is 14.6. The lowest BCUT2D eigenvalue weighted by Gasteiger charge is -2.12. The molecule has 0 bridgehead atoms. The minimum atomic E-state index is -1.17. The van der Waals surface area contributed by atoms with Crippen LogP contribution in [0.2, 0.25) is 0 Å². The zero-order valence-corrected chi connectivity index (χ0v) is 16.6. The number of hydrogen-bond donors (Lipinski definition) is 3. The number of nitrogens with one attached hydrogen (secondary N) is 1. The molecule has 4 rings (SSSR count). The summed E-state index contributed by atoms with van der Waals surface area (Å²) in [5, 5.41) is 16.6. The molecule has 1 aliphatic rings. The molecule has 0 spiro atoms. The predicted octanol–water partition coefficient (Wildman–Crippen LogP) is 1.50. The molecule has 9 heteroatoms. The number of benzene rings is 1. The van der Waals surface area contributed by atoms with Gasteiger partial charge < -0.3 is 25.3 Å². The van der Waals surface area contributed by atoms with E-state index in [1.165, 1.54) is 12.8 Å². The van der Waals surface area contributed by atoms with Gasteiger partial charge in [-0.2, -0.15) is 5.10 Å². The summed E-state index contributed by atoms with van der Waals surface area (Å²) in [4.78, 5) is 24.0. The van der Waals surface area contributed by atoms with Gasteiger partial charge in [0.05, 0.1) is 17.9 Å². The van der Waals surface area contributed by atoms with Crippen LogP contribution >= 0.6 is 0 Å². The van der Waals surface area contributed by atoms with E-state index in [4.69, 9.17) is 14.9 Å². The number of nitrogens with two attached hydrogens (primary N) is 1. The molecule has 0 saturated heterocycles. The number of aliphatic hydroxyl groups excluding tert-OH is 1. The van der Waals surface area contributed by atoms with Gasteiger partial charge in [0, 0.05) is 18.1 Å². The van der Waals surface area contributed by atoms with Crippen LogP contribution in [0.3, 0.4) is 0 Å². The second kappa shape index (κ2) is 8.19. The van der Waals surface area contributed by atoms with E-state index in [9.17, 15) is 14.7 Å². The van der Waals surface area contributed by atoms with E-state index in [-0.39, 0.29) is 5.56 Å². The number of fused-ring (bicyclic) bond motifs is 1. The fourth-order valence-corrected chi connectivity index (χ4v) is 3.36. The lowest BCUT2D eigenvalue weighted by molar-refractivity contribution is -0.120. The zero-order valence-electron chi connectivity index (χ0n) is 16.6. The monoisotopic (exact) mass is 412 g/mol. The lowest BCUT2D eigenvalue weighted by atomic mass is 10.1. The van der Waals surface area contributed by atoms with Crippen molar-refractivity contribution in [2.45, 2.75) is 39.0 Å². The Balaban J connectivity index is 1.53. The minimum Gasteiger partial charge on any atom is -0.487 e. The molecule has 3 aromatic rings. The molecular weight excluding hydrogens is 388 g/mol. The molecule has 158 valence electrons. The second-order valence-corrected chi connectivity index (χ2v) is 7.54. The first-order valence-electron chi connectivity index (χ1n) is 9.84. The largest absolute Gasteiger partial charge is 0.487 e. The SMILES string of the molecule is Cc1oc2ccc(OCc3ccnn3CC3CC3)cc2c1C(=O)N[C@@H](CO)C(N)=O. The van der Waals surface area contributed by atoms with Gasteiger partial charge in [-0.05, 0) is 49.9 Å². The third kappa shape index (κ3) is 4.16. The third-order valence-corrected chi connectivity index (χ3v) is 5.21. The number of hydrogen-bond acceptors (Lipinski definition) is 6. The number of aryl methyl sites for hydroxylation is 1. The average molecular weight is 412 g/mol. The Labute approximate surface area is 172 Å². The molecule has 0 unspecified atom stereocenters. The highest BCUT2D eigenvalue weighted by molar-refractivity contribution is 6.08. The van der Waals surface area contributed by atoms with Crippen molar-refractivity contribution < 1.29 is 23.8 Å². The molecule has 1 aliphatic carbocycles. The van der Waals surface area contributed by atoms with Crippen molar-refractivity contribution in [1.29, 1.82) is 0 Å². The molecule has 0 radical (unpaired) electrons. The number of aromatic nitrogens is 2. The second-order valence-electron chi connectivity index (χ2n) is 7.54. The van der Waals surface area contributed by atoms with Gasteiger partial charge in [0.1, 0.15) is 29.7 Å². The fourth-order valence-electron chi connectivity index (χ4n) is 3.36. The summed E-state index contributed by atoms with van der Waals surface area (Å²) in [7, 11) is 0. The van der Waals surface area contributed by atoms with Crippen molar-refractivity contribution in [3.63, 3.8) is 0 Å². The summed E-state index contributed by atoms with van der Waals surface area (Å²) in [5.74, 6) is 0.304. The van der Waals surface area contributed by atoms with Crippen molar-refractivity contribution >= 4 is 22.8 Å². The maximum absolute atomic E-state index is 12.7. The van der Waals surface area contributed by atoms with Crippen LogP contribution in [0.25, 0.3) is 11.0 Å². The Morgan fingerprint density at radius 2 is 2.20 bits per heavy atom. The molecule has 2 amide bonds. The Morgan fingerprint density at radius 3 is 2.90 bits per heavy atom. The Morgan fingerprint density at radius 1 is 1.40 bits per heavy atom. The average Bonchev–Trinajstić information content (AvgIpc) is 3.31. The number of nitrogens with zero attached hydrogens (tertiary/aromatic N) is 2. The quantitative estimate of drug-likeness (QED) is 0.488. The van der Waals surface area contributed by atoms with Crippen LogP contribution in [-0.4, -0.2) is 39.4 Å². The lowest BCUT2D eigenvalue weighted by Crippen LogP contribution is -2.46. The number of amides is 2. The summed E-state index contributed by atoms with van der Waals surface area (Å²) in [6.07, 6.45) is 4.26. The van der Waals surface area contributed by atoms with Crippen molar-refractivity contribution in [2.75, 3.05) is 6.61 Å². The highest BCUT2D eigenvalue weighted by Gasteiger charge is 2.24. The predicted molar refractivity (Wildman–Crippen MR) is 108 cm³/mol. The summed E-state index contributed by atoms with van der Waals surface area (Å²) in [6.45, 7) is 2.33. The van der Waals surface area contributed by atoms with Crippen LogP contribution in [0.15, 0.2) is 34.9 Å². The van der Waals surface area contributed by atoms with Gasteiger partial charge >= 0.3 is 0 Å². The first-order valence-corrected chi connectivity index (χ1v) is 9.84.